The Morgan fingerprint density at radius 2 is 0.346 bits per heavy atom. The molecule has 0 aliphatic heterocycles. The van der Waals surface area contributed by atoms with Gasteiger partial charge in [0.25, 0.3) is 0 Å². The van der Waals surface area contributed by atoms with Crippen molar-refractivity contribution in [3.8, 4) is 0 Å². The third-order valence-corrected chi connectivity index (χ3v) is 1.63. The molecule has 0 aliphatic rings. The van der Waals surface area contributed by atoms with Crippen molar-refractivity contribution in [3.05, 3.63) is 0 Å². The fraction of sp³-hybridized carbons (Fsp3) is 1.00. The molecule has 0 atom stereocenters. The first kappa shape index (κ1) is 63.7. The van der Waals surface area contributed by atoms with Crippen LogP contribution in [0, 0.1) is 0 Å². The van der Waals surface area contributed by atoms with Crippen LogP contribution in [-0.4, -0.2) is 85.7 Å². The van der Waals surface area contributed by atoms with Gasteiger partial charge in [0, 0.05) is 52.9 Å². The molecule has 0 aromatic rings. The predicted octanol–water partition coefficient (Wildman–Crippen LogP) is -0.777. The Morgan fingerprint density at radius 1 is 0.269 bits per heavy atom. The molecule has 0 fully saturated rings. The van der Waals surface area contributed by atoms with Gasteiger partial charge in [0.1, 0.15) is 0 Å². The van der Waals surface area contributed by atoms with Gasteiger partial charge < -0.3 is 51.8 Å². The molecule has 176 valence electrons. The summed E-state index contributed by atoms with van der Waals surface area (Å²) in [4.78, 5) is 0. The third-order valence-electron chi connectivity index (χ3n) is 1.63. The quantitative estimate of drug-likeness (QED) is 0.506. The Bertz CT molecular complexity index is 79.0. The van der Waals surface area contributed by atoms with Crippen LogP contribution in [0.1, 0.15) is 55.4 Å². The smallest absolute Gasteiger partial charge is 0.0437 e. The zero-order valence-corrected chi connectivity index (χ0v) is 18.3. The Balaban J connectivity index is -0.0000000152. The first-order valence-electron chi connectivity index (χ1n) is 7.97. The van der Waals surface area contributed by atoms with Crippen molar-refractivity contribution in [1.82, 2.24) is 0 Å². The highest BCUT2D eigenvalue weighted by Gasteiger charge is 1.65. The van der Waals surface area contributed by atoms with E-state index in [2.05, 4.69) is 0 Å². The molecule has 0 spiro atoms. The topological polar surface area (TPSA) is 226 Å². The van der Waals surface area contributed by atoms with Crippen LogP contribution in [0.4, 0.5) is 0 Å². The van der Waals surface area contributed by atoms with Crippen LogP contribution in [0.2, 0.25) is 0 Å². The first-order chi connectivity index (χ1) is 9.66. The molecule has 0 aromatic heterocycles. The monoisotopic (exact) mass is 404 g/mol. The number of rotatable bonds is 8. The maximum absolute atomic E-state index is 4.83. The lowest BCUT2D eigenvalue weighted by atomic mass is 10.8. The molecule has 26 heavy (non-hydrogen) atoms. The second-order valence-corrected chi connectivity index (χ2v) is 3.13. The van der Waals surface area contributed by atoms with Crippen LogP contribution in [0.25, 0.3) is 0 Å². The summed E-state index contributed by atoms with van der Waals surface area (Å²) in [5.74, 6) is 0. The Hall–Kier alpha value is -0.400. The number of hydrogen-bond donors (Lipinski definition) is 0. The highest BCUT2D eigenvalue weighted by atomic mass is 16.5. The normalized spacial score (nSPS) is 6.46. The zero-order valence-electron chi connectivity index (χ0n) is 18.3. The molecule has 0 unspecified atom stereocenters. The highest BCUT2D eigenvalue weighted by Crippen LogP contribution is 1.65. The van der Waals surface area contributed by atoms with Gasteiger partial charge in [-0.3, -0.25) is 0 Å². The average molecular weight is 405 g/mol. The number of ether oxygens (including phenoxy) is 4. The molecule has 10 heteroatoms. The van der Waals surface area contributed by atoms with Crippen molar-refractivity contribution in [1.29, 1.82) is 0 Å². The molecule has 0 rings (SSSR count). The SMILES string of the molecule is CCOCC.CCOCC.CCOCC.CCOCC.O.O.O.O.O.O. The molecule has 0 aliphatic carbocycles. The van der Waals surface area contributed by atoms with Crippen LogP contribution >= 0.6 is 0 Å². The summed E-state index contributed by atoms with van der Waals surface area (Å²) < 4.78 is 19.3. The van der Waals surface area contributed by atoms with Gasteiger partial charge in [-0.1, -0.05) is 0 Å². The van der Waals surface area contributed by atoms with E-state index in [1.807, 2.05) is 55.4 Å². The summed E-state index contributed by atoms with van der Waals surface area (Å²) in [6, 6.07) is 0. The standard InChI is InChI=1S/4C4H10O.6H2O/c4*1-3-5-4-2;;;;;;/h4*3-4H2,1-2H3;6*1H2. The van der Waals surface area contributed by atoms with Crippen LogP contribution in [0.5, 0.6) is 0 Å². The van der Waals surface area contributed by atoms with Crippen molar-refractivity contribution in [2.24, 2.45) is 0 Å². The minimum atomic E-state index is 0. The Kier molecular flexibility index (Phi) is 249. The van der Waals surface area contributed by atoms with E-state index in [4.69, 9.17) is 18.9 Å². The van der Waals surface area contributed by atoms with E-state index in [-0.39, 0.29) is 32.9 Å². The van der Waals surface area contributed by atoms with Gasteiger partial charge in [-0.15, -0.1) is 0 Å². The fourth-order valence-electron chi connectivity index (χ4n) is 0.816. The molecular formula is C16H52O10. The molecule has 12 N–H and O–H groups in total. The summed E-state index contributed by atoms with van der Waals surface area (Å²) in [7, 11) is 0. The van der Waals surface area contributed by atoms with Crippen LogP contribution in [0.15, 0.2) is 0 Å². The molecule has 0 amide bonds. The van der Waals surface area contributed by atoms with Gasteiger partial charge in [-0.25, -0.2) is 0 Å². The van der Waals surface area contributed by atoms with E-state index < -0.39 is 0 Å². The molecule has 0 aromatic carbocycles. The van der Waals surface area contributed by atoms with Crippen LogP contribution < -0.4 is 0 Å². The molecule has 10 nitrogen and oxygen atoms in total. The van der Waals surface area contributed by atoms with Gasteiger partial charge in [0.2, 0.25) is 0 Å². The van der Waals surface area contributed by atoms with Gasteiger partial charge >= 0.3 is 0 Å². The van der Waals surface area contributed by atoms with Crippen molar-refractivity contribution in [3.63, 3.8) is 0 Å². The van der Waals surface area contributed by atoms with E-state index in [0.717, 1.165) is 52.9 Å². The maximum atomic E-state index is 4.83. The highest BCUT2D eigenvalue weighted by molar-refractivity contribution is 4.08. The largest absolute Gasteiger partial charge is 0.412 e. The first-order valence-corrected chi connectivity index (χ1v) is 7.97. The summed E-state index contributed by atoms with van der Waals surface area (Å²) in [5, 5.41) is 0. The van der Waals surface area contributed by atoms with Crippen LogP contribution in [0.3, 0.4) is 0 Å². The Labute approximate surface area is 161 Å². The second-order valence-electron chi connectivity index (χ2n) is 3.13. The third kappa shape index (κ3) is 209. The van der Waals surface area contributed by atoms with E-state index in [1.165, 1.54) is 0 Å². The van der Waals surface area contributed by atoms with Gasteiger partial charge in [0.15, 0.2) is 0 Å². The summed E-state index contributed by atoms with van der Waals surface area (Å²) in [5.41, 5.74) is 0. The lowest BCUT2D eigenvalue weighted by Crippen LogP contribution is -1.84. The minimum Gasteiger partial charge on any atom is -0.412 e. The lowest BCUT2D eigenvalue weighted by Gasteiger charge is -1.86. The van der Waals surface area contributed by atoms with Crippen molar-refractivity contribution in [2.75, 3.05) is 52.9 Å². The maximum Gasteiger partial charge on any atom is 0.0437 e. The predicted molar refractivity (Wildman–Crippen MR) is 110 cm³/mol. The lowest BCUT2D eigenvalue weighted by molar-refractivity contribution is 0.162. The average Bonchev–Trinajstić information content (AvgIpc) is 2.44. The Morgan fingerprint density at radius 3 is 0.346 bits per heavy atom. The zero-order chi connectivity index (χ0) is 16.5. The summed E-state index contributed by atoms with van der Waals surface area (Å²) >= 11 is 0. The molecule has 0 saturated heterocycles. The molecular weight excluding hydrogens is 352 g/mol. The van der Waals surface area contributed by atoms with E-state index in [0.29, 0.717) is 0 Å². The van der Waals surface area contributed by atoms with E-state index >= 15 is 0 Å². The van der Waals surface area contributed by atoms with Gasteiger partial charge in [0.05, 0.1) is 0 Å². The summed E-state index contributed by atoms with van der Waals surface area (Å²) in [6.07, 6.45) is 0. The fourth-order valence-corrected chi connectivity index (χ4v) is 0.816. The minimum absolute atomic E-state index is 0. The van der Waals surface area contributed by atoms with E-state index in [9.17, 15) is 0 Å². The van der Waals surface area contributed by atoms with Crippen molar-refractivity contribution in [2.45, 2.75) is 55.4 Å². The second kappa shape index (κ2) is 102. The van der Waals surface area contributed by atoms with Crippen LogP contribution in [-0.2, 0) is 18.9 Å². The number of hydrogen-bond acceptors (Lipinski definition) is 4. The molecule has 0 saturated carbocycles. The molecule has 0 bridgehead atoms. The summed E-state index contributed by atoms with van der Waals surface area (Å²) in [6.45, 7) is 22.7. The van der Waals surface area contributed by atoms with Crippen molar-refractivity contribution < 1.29 is 51.8 Å². The van der Waals surface area contributed by atoms with Gasteiger partial charge in [-0.05, 0) is 55.4 Å². The van der Waals surface area contributed by atoms with Gasteiger partial charge in [-0.2, -0.15) is 0 Å². The van der Waals surface area contributed by atoms with E-state index in [1.54, 1.807) is 0 Å². The molecule has 0 heterocycles. The molecule has 0 radical (unpaired) electrons. The van der Waals surface area contributed by atoms with Crippen molar-refractivity contribution >= 4 is 0 Å².